The number of hydrogen-bond donors (Lipinski definition) is 0. The summed E-state index contributed by atoms with van der Waals surface area (Å²) in [4.78, 5) is 14.3. The zero-order valence-electron chi connectivity index (χ0n) is 10.1. The molecule has 0 radical (unpaired) electrons. The van der Waals surface area contributed by atoms with Gasteiger partial charge in [0.25, 0.3) is 9.84 Å². The van der Waals surface area contributed by atoms with Crippen LogP contribution in [0.3, 0.4) is 0 Å². The maximum absolute atomic E-state index is 12.1. The third-order valence-corrected chi connectivity index (χ3v) is 4.06. The third kappa shape index (κ3) is 2.87. The number of aryl methyl sites for hydroxylation is 1. The first-order valence-electron chi connectivity index (χ1n) is 5.27. The quantitative estimate of drug-likeness (QED) is 0.613. The molecule has 6 heteroatoms. The number of benzene rings is 1. The second kappa shape index (κ2) is 5.65. The summed E-state index contributed by atoms with van der Waals surface area (Å²) < 4.78 is 28.7. The SMILES string of the molecule is [C-]#[N+][C@H](C(=O)OCC)S(=O)(=O)c1ccc(C)cc1. The van der Waals surface area contributed by atoms with Crippen LogP contribution in [0.25, 0.3) is 4.85 Å². The van der Waals surface area contributed by atoms with Gasteiger partial charge < -0.3 is 4.74 Å². The van der Waals surface area contributed by atoms with Crippen molar-refractivity contribution < 1.29 is 17.9 Å². The van der Waals surface area contributed by atoms with Crippen LogP contribution in [-0.4, -0.2) is 26.4 Å². The Balaban J connectivity index is 3.16. The van der Waals surface area contributed by atoms with Crippen LogP contribution in [0.5, 0.6) is 0 Å². The summed E-state index contributed by atoms with van der Waals surface area (Å²) in [5.74, 6) is -1.03. The molecule has 1 rings (SSSR count). The van der Waals surface area contributed by atoms with Gasteiger partial charge in [-0.3, -0.25) is 4.85 Å². The normalized spacial score (nSPS) is 12.5. The average Bonchev–Trinajstić information content (AvgIpc) is 2.30. The fraction of sp³-hybridized carbons (Fsp3) is 0.333. The molecule has 0 N–H and O–H groups in total. The van der Waals surface area contributed by atoms with Crippen molar-refractivity contribution >= 4 is 15.8 Å². The number of ether oxygens (including phenoxy) is 1. The molecule has 18 heavy (non-hydrogen) atoms. The molecule has 0 aromatic heterocycles. The highest BCUT2D eigenvalue weighted by Gasteiger charge is 2.41. The number of rotatable bonds is 4. The lowest BCUT2D eigenvalue weighted by Crippen LogP contribution is -2.29. The number of hydrogen-bond acceptors (Lipinski definition) is 4. The Morgan fingerprint density at radius 3 is 2.39 bits per heavy atom. The van der Waals surface area contributed by atoms with E-state index < -0.39 is 21.2 Å². The van der Waals surface area contributed by atoms with E-state index in [0.717, 1.165) is 5.56 Å². The van der Waals surface area contributed by atoms with Gasteiger partial charge in [0, 0.05) is 0 Å². The largest absolute Gasteiger partial charge is 0.459 e. The van der Waals surface area contributed by atoms with E-state index in [0.29, 0.717) is 0 Å². The van der Waals surface area contributed by atoms with Gasteiger partial charge in [-0.05, 0) is 26.0 Å². The molecular weight excluding hydrogens is 254 g/mol. The Bertz CT molecular complexity index is 569. The molecule has 1 atom stereocenters. The zero-order valence-corrected chi connectivity index (χ0v) is 10.9. The molecular formula is C12H13NO4S. The van der Waals surface area contributed by atoms with Crippen LogP contribution in [0, 0.1) is 13.5 Å². The molecule has 0 saturated heterocycles. The first kappa shape index (κ1) is 14.2. The first-order chi connectivity index (χ1) is 8.43. The highest BCUT2D eigenvalue weighted by Crippen LogP contribution is 2.18. The molecule has 96 valence electrons. The Kier molecular flexibility index (Phi) is 4.45. The van der Waals surface area contributed by atoms with E-state index in [9.17, 15) is 13.2 Å². The van der Waals surface area contributed by atoms with Crippen LogP contribution in [0.1, 0.15) is 12.5 Å². The van der Waals surface area contributed by atoms with Crippen molar-refractivity contribution in [2.75, 3.05) is 6.61 Å². The van der Waals surface area contributed by atoms with Crippen LogP contribution < -0.4 is 0 Å². The molecule has 0 fully saturated rings. The van der Waals surface area contributed by atoms with Crippen molar-refractivity contribution in [3.63, 3.8) is 0 Å². The van der Waals surface area contributed by atoms with Gasteiger partial charge in [-0.2, -0.15) is 0 Å². The summed E-state index contributed by atoms with van der Waals surface area (Å²) in [6.07, 6.45) is 0. The number of carbonyl (C=O) groups is 1. The van der Waals surface area contributed by atoms with E-state index >= 15 is 0 Å². The fourth-order valence-electron chi connectivity index (χ4n) is 1.32. The number of carbonyl (C=O) groups excluding carboxylic acids is 1. The minimum Gasteiger partial charge on any atom is -0.459 e. The highest BCUT2D eigenvalue weighted by molar-refractivity contribution is 7.93. The van der Waals surface area contributed by atoms with Crippen molar-refractivity contribution in [2.45, 2.75) is 24.1 Å². The number of sulfone groups is 1. The molecule has 0 amide bonds. The van der Waals surface area contributed by atoms with E-state index in [1.807, 2.05) is 6.92 Å². The topological polar surface area (TPSA) is 64.8 Å². The molecule has 0 unspecified atom stereocenters. The van der Waals surface area contributed by atoms with Crippen LogP contribution in [0.4, 0.5) is 0 Å². The Morgan fingerprint density at radius 1 is 1.39 bits per heavy atom. The van der Waals surface area contributed by atoms with Crippen molar-refractivity contribution in [1.82, 2.24) is 0 Å². The lowest BCUT2D eigenvalue weighted by molar-refractivity contribution is -0.141. The molecule has 0 bridgehead atoms. The van der Waals surface area contributed by atoms with Gasteiger partial charge in [0.15, 0.2) is 0 Å². The minimum atomic E-state index is -4.02. The Labute approximate surface area is 106 Å². The maximum atomic E-state index is 12.1. The van der Waals surface area contributed by atoms with Gasteiger partial charge >= 0.3 is 11.3 Å². The van der Waals surface area contributed by atoms with Gasteiger partial charge in [0.05, 0.1) is 11.5 Å². The van der Waals surface area contributed by atoms with Gasteiger partial charge in [-0.15, -0.1) is 0 Å². The second-order valence-corrected chi connectivity index (χ2v) is 5.60. The summed E-state index contributed by atoms with van der Waals surface area (Å²) in [7, 11) is -4.02. The van der Waals surface area contributed by atoms with Gasteiger partial charge in [0.1, 0.15) is 0 Å². The van der Waals surface area contributed by atoms with Crippen molar-refractivity contribution in [2.24, 2.45) is 0 Å². The van der Waals surface area contributed by atoms with E-state index in [1.165, 1.54) is 12.1 Å². The Morgan fingerprint density at radius 2 is 1.94 bits per heavy atom. The highest BCUT2D eigenvalue weighted by atomic mass is 32.2. The lowest BCUT2D eigenvalue weighted by Gasteiger charge is -2.07. The third-order valence-electron chi connectivity index (χ3n) is 2.25. The standard InChI is InChI=1S/C12H13NO4S/c1-4-17-12(14)11(13-3)18(15,16)10-7-5-9(2)6-8-10/h5-8,11H,4H2,1-2H3/t11-/m0/s1. The van der Waals surface area contributed by atoms with E-state index in [-0.39, 0.29) is 11.5 Å². The van der Waals surface area contributed by atoms with Crippen molar-refractivity contribution in [3.8, 4) is 0 Å². The first-order valence-corrected chi connectivity index (χ1v) is 6.82. The van der Waals surface area contributed by atoms with Gasteiger partial charge in [0.2, 0.25) is 0 Å². The van der Waals surface area contributed by atoms with Gasteiger partial charge in [-0.1, -0.05) is 17.7 Å². The van der Waals surface area contributed by atoms with E-state index in [1.54, 1.807) is 19.1 Å². The molecule has 0 aliphatic rings. The molecule has 1 aromatic rings. The maximum Gasteiger partial charge on any atom is 0.419 e. The summed E-state index contributed by atoms with van der Waals surface area (Å²) in [5.41, 5.74) is 0.893. The Hall–Kier alpha value is -1.87. The smallest absolute Gasteiger partial charge is 0.419 e. The number of nitrogens with zero attached hydrogens (tertiary/aromatic N) is 1. The summed E-state index contributed by atoms with van der Waals surface area (Å²) >= 11 is 0. The summed E-state index contributed by atoms with van der Waals surface area (Å²) in [6.45, 7) is 10.3. The molecule has 0 heterocycles. The van der Waals surface area contributed by atoms with E-state index in [2.05, 4.69) is 9.58 Å². The van der Waals surface area contributed by atoms with Crippen molar-refractivity contribution in [1.29, 1.82) is 0 Å². The minimum absolute atomic E-state index is 0.0360. The van der Waals surface area contributed by atoms with Crippen molar-refractivity contribution in [3.05, 3.63) is 41.2 Å². The molecule has 0 aliphatic heterocycles. The molecule has 0 saturated carbocycles. The van der Waals surface area contributed by atoms with Crippen LogP contribution in [-0.2, 0) is 19.4 Å². The fourth-order valence-corrected chi connectivity index (χ4v) is 2.55. The van der Waals surface area contributed by atoms with Crippen LogP contribution in [0.2, 0.25) is 0 Å². The molecule has 5 nitrogen and oxygen atoms in total. The van der Waals surface area contributed by atoms with Crippen LogP contribution in [0.15, 0.2) is 29.2 Å². The monoisotopic (exact) mass is 267 g/mol. The average molecular weight is 267 g/mol. The molecule has 0 spiro atoms. The predicted molar refractivity (Wildman–Crippen MR) is 65.4 cm³/mol. The van der Waals surface area contributed by atoms with Gasteiger partial charge in [-0.25, -0.2) is 19.8 Å². The summed E-state index contributed by atoms with van der Waals surface area (Å²) in [5, 5.41) is -1.83. The molecule has 1 aromatic carbocycles. The summed E-state index contributed by atoms with van der Waals surface area (Å²) in [6, 6.07) is 5.97. The number of esters is 1. The lowest BCUT2D eigenvalue weighted by atomic mass is 10.2. The molecule has 0 aliphatic carbocycles. The van der Waals surface area contributed by atoms with E-state index in [4.69, 9.17) is 6.57 Å². The second-order valence-electron chi connectivity index (χ2n) is 3.59. The predicted octanol–water partition coefficient (Wildman–Crippen LogP) is 1.58. The zero-order chi connectivity index (χ0) is 13.8. The van der Waals surface area contributed by atoms with Crippen LogP contribution >= 0.6 is 0 Å².